The summed E-state index contributed by atoms with van der Waals surface area (Å²) in [5, 5.41) is 0.714. The number of hydrogen-bond acceptors (Lipinski definition) is 2. The first kappa shape index (κ1) is 11.6. The maximum Gasteiger partial charge on any atom is 0.163 e. The molecular weight excluding hydrogens is 216 g/mol. The van der Waals surface area contributed by atoms with Crippen molar-refractivity contribution in [3.8, 4) is 0 Å². The van der Waals surface area contributed by atoms with Crippen molar-refractivity contribution in [3.63, 3.8) is 0 Å². The van der Waals surface area contributed by atoms with Crippen LogP contribution in [0.1, 0.15) is 22.3 Å². The van der Waals surface area contributed by atoms with E-state index >= 15 is 0 Å². The second kappa shape index (κ2) is 5.42. The Kier molecular flexibility index (Phi) is 4.49. The van der Waals surface area contributed by atoms with E-state index in [9.17, 15) is 4.79 Å². The minimum absolute atomic E-state index is 0.194. The lowest BCUT2D eigenvalue weighted by Gasteiger charge is -2.02. The molecule has 0 atom stereocenters. The minimum Gasteiger partial charge on any atom is -0.294 e. The van der Waals surface area contributed by atoms with Crippen LogP contribution >= 0.6 is 23.4 Å². The lowest BCUT2D eigenvalue weighted by molar-refractivity contribution is 0.0989. The van der Waals surface area contributed by atoms with E-state index in [1.807, 2.05) is 19.2 Å². The molecule has 0 bridgehead atoms. The van der Waals surface area contributed by atoms with Crippen molar-refractivity contribution in [2.45, 2.75) is 13.3 Å². The highest BCUT2D eigenvalue weighted by atomic mass is 35.5. The lowest BCUT2D eigenvalue weighted by Crippen LogP contribution is -2.00. The summed E-state index contributed by atoms with van der Waals surface area (Å²) in [6, 6.07) is 5.42. The van der Waals surface area contributed by atoms with Crippen LogP contribution in [0.3, 0.4) is 0 Å². The first-order chi connectivity index (χ1) is 6.65. The third-order valence-electron chi connectivity index (χ3n) is 2.01. The maximum atomic E-state index is 11.6. The normalized spacial score (nSPS) is 10.2. The highest BCUT2D eigenvalue weighted by Gasteiger charge is 2.06. The maximum absolute atomic E-state index is 11.6. The van der Waals surface area contributed by atoms with E-state index in [2.05, 4.69) is 0 Å². The molecule has 1 aromatic carbocycles. The van der Waals surface area contributed by atoms with Crippen LogP contribution in [0.4, 0.5) is 0 Å². The highest BCUT2D eigenvalue weighted by Crippen LogP contribution is 2.17. The van der Waals surface area contributed by atoms with Crippen molar-refractivity contribution in [3.05, 3.63) is 34.3 Å². The van der Waals surface area contributed by atoms with E-state index in [1.165, 1.54) is 0 Å². The van der Waals surface area contributed by atoms with Crippen LogP contribution in [-0.2, 0) is 0 Å². The van der Waals surface area contributed by atoms with Crippen molar-refractivity contribution in [1.29, 1.82) is 0 Å². The molecule has 0 fully saturated rings. The molecule has 1 aromatic rings. The van der Waals surface area contributed by atoms with Gasteiger partial charge in [-0.2, -0.15) is 11.8 Å². The van der Waals surface area contributed by atoms with Crippen LogP contribution in [0.5, 0.6) is 0 Å². The van der Waals surface area contributed by atoms with Crippen LogP contribution in [0, 0.1) is 6.92 Å². The number of carbonyl (C=O) groups excluding carboxylic acids is 1. The summed E-state index contributed by atoms with van der Waals surface area (Å²) < 4.78 is 0. The van der Waals surface area contributed by atoms with Crippen molar-refractivity contribution in [2.75, 3.05) is 12.0 Å². The number of Topliss-reactive ketones (excluding diaryl/α,β-unsaturated/α-hetero) is 1. The summed E-state index contributed by atoms with van der Waals surface area (Å²) in [7, 11) is 0. The van der Waals surface area contributed by atoms with Crippen LogP contribution < -0.4 is 0 Å². The van der Waals surface area contributed by atoms with Gasteiger partial charge in [0.25, 0.3) is 0 Å². The monoisotopic (exact) mass is 228 g/mol. The first-order valence-corrected chi connectivity index (χ1v) is 6.20. The summed E-state index contributed by atoms with van der Waals surface area (Å²) >= 11 is 7.56. The van der Waals surface area contributed by atoms with Gasteiger partial charge in [0.05, 0.1) is 0 Å². The molecule has 0 amide bonds. The van der Waals surface area contributed by atoms with Gasteiger partial charge in [0.2, 0.25) is 0 Å². The van der Waals surface area contributed by atoms with Gasteiger partial charge in [-0.25, -0.2) is 0 Å². The topological polar surface area (TPSA) is 17.1 Å². The number of hydrogen-bond donors (Lipinski definition) is 0. The van der Waals surface area contributed by atoms with Crippen LogP contribution in [0.25, 0.3) is 0 Å². The van der Waals surface area contributed by atoms with Gasteiger partial charge in [-0.15, -0.1) is 0 Å². The number of thioether (sulfide) groups is 1. The molecule has 76 valence electrons. The molecule has 0 aliphatic heterocycles. The van der Waals surface area contributed by atoms with Crippen molar-refractivity contribution >= 4 is 29.1 Å². The molecule has 0 saturated carbocycles. The summed E-state index contributed by atoms with van der Waals surface area (Å²) in [5.74, 6) is 1.07. The van der Waals surface area contributed by atoms with E-state index in [0.29, 0.717) is 11.4 Å². The van der Waals surface area contributed by atoms with Crippen molar-refractivity contribution in [2.24, 2.45) is 0 Å². The molecule has 0 radical (unpaired) electrons. The molecule has 0 saturated heterocycles. The predicted molar refractivity (Wildman–Crippen MR) is 63.5 cm³/mol. The van der Waals surface area contributed by atoms with Gasteiger partial charge < -0.3 is 0 Å². The summed E-state index contributed by atoms with van der Waals surface area (Å²) in [4.78, 5) is 11.6. The smallest absolute Gasteiger partial charge is 0.163 e. The molecule has 14 heavy (non-hydrogen) atoms. The Morgan fingerprint density at radius 1 is 1.50 bits per heavy atom. The fraction of sp³-hybridized carbons (Fsp3) is 0.364. The molecule has 1 rings (SSSR count). The number of halogens is 1. The Hall–Kier alpha value is -0.470. The zero-order valence-corrected chi connectivity index (χ0v) is 9.91. The molecular formula is C11H13ClOS. The standard InChI is InChI=1S/C11H13ClOS/c1-8-7-9(3-4-10(8)12)11(13)5-6-14-2/h3-4,7H,5-6H2,1-2H3. The quantitative estimate of drug-likeness (QED) is 0.733. The number of ketones is 1. The van der Waals surface area contributed by atoms with Crippen molar-refractivity contribution < 1.29 is 4.79 Å². The van der Waals surface area contributed by atoms with E-state index < -0.39 is 0 Å². The van der Waals surface area contributed by atoms with E-state index in [4.69, 9.17) is 11.6 Å². The number of rotatable bonds is 4. The van der Waals surface area contributed by atoms with Gasteiger partial charge in [-0.1, -0.05) is 11.6 Å². The molecule has 1 nitrogen and oxygen atoms in total. The average Bonchev–Trinajstić information content (AvgIpc) is 2.18. The zero-order chi connectivity index (χ0) is 10.6. The summed E-state index contributed by atoms with van der Waals surface area (Å²) in [6.07, 6.45) is 2.60. The van der Waals surface area contributed by atoms with Crippen molar-refractivity contribution in [1.82, 2.24) is 0 Å². The molecule has 3 heteroatoms. The van der Waals surface area contributed by atoms with Gasteiger partial charge in [0.1, 0.15) is 0 Å². The van der Waals surface area contributed by atoms with Gasteiger partial charge >= 0.3 is 0 Å². The lowest BCUT2D eigenvalue weighted by atomic mass is 10.1. The van der Waals surface area contributed by atoms with Crippen LogP contribution in [0.2, 0.25) is 5.02 Å². The minimum atomic E-state index is 0.194. The third kappa shape index (κ3) is 3.03. The second-order valence-electron chi connectivity index (χ2n) is 3.13. The number of benzene rings is 1. The Balaban J connectivity index is 2.76. The first-order valence-electron chi connectivity index (χ1n) is 4.43. The van der Waals surface area contributed by atoms with E-state index in [0.717, 1.165) is 16.9 Å². The van der Waals surface area contributed by atoms with Crippen LogP contribution in [0.15, 0.2) is 18.2 Å². The Morgan fingerprint density at radius 2 is 2.21 bits per heavy atom. The number of carbonyl (C=O) groups is 1. The van der Waals surface area contributed by atoms with Gasteiger partial charge in [0.15, 0.2) is 5.78 Å². The fourth-order valence-electron chi connectivity index (χ4n) is 1.16. The summed E-state index contributed by atoms with van der Waals surface area (Å²) in [6.45, 7) is 1.91. The Bertz CT molecular complexity index is 336. The molecule has 0 N–H and O–H groups in total. The molecule has 0 aliphatic carbocycles. The fourth-order valence-corrected chi connectivity index (χ4v) is 1.66. The SMILES string of the molecule is CSCCC(=O)c1ccc(Cl)c(C)c1. The second-order valence-corrected chi connectivity index (χ2v) is 4.52. The molecule has 0 spiro atoms. The molecule has 0 aromatic heterocycles. The predicted octanol–water partition coefficient (Wildman–Crippen LogP) is 3.58. The summed E-state index contributed by atoms with van der Waals surface area (Å²) in [5.41, 5.74) is 1.72. The Labute approximate surface area is 93.8 Å². The molecule has 0 heterocycles. The Morgan fingerprint density at radius 3 is 2.79 bits per heavy atom. The van der Waals surface area contributed by atoms with E-state index in [1.54, 1.807) is 23.9 Å². The highest BCUT2D eigenvalue weighted by molar-refractivity contribution is 7.98. The van der Waals surface area contributed by atoms with Gasteiger partial charge in [-0.3, -0.25) is 4.79 Å². The van der Waals surface area contributed by atoms with Gasteiger partial charge in [0, 0.05) is 22.8 Å². The van der Waals surface area contributed by atoms with Crippen LogP contribution in [-0.4, -0.2) is 17.8 Å². The number of aryl methyl sites for hydroxylation is 1. The third-order valence-corrected chi connectivity index (χ3v) is 3.05. The average molecular weight is 229 g/mol. The van der Waals surface area contributed by atoms with Gasteiger partial charge in [-0.05, 0) is 36.9 Å². The van der Waals surface area contributed by atoms with E-state index in [-0.39, 0.29) is 5.78 Å². The molecule has 0 aliphatic rings. The zero-order valence-electron chi connectivity index (χ0n) is 8.34. The largest absolute Gasteiger partial charge is 0.294 e. The molecule has 0 unspecified atom stereocenters.